The molecule has 10 heavy (non-hydrogen) atoms. The van der Waals surface area contributed by atoms with Gasteiger partial charge in [-0.3, -0.25) is 0 Å². The zero-order valence-electron chi connectivity index (χ0n) is 6.15. The second-order valence-corrected chi connectivity index (χ2v) is 2.01. The van der Waals surface area contributed by atoms with E-state index in [1.54, 1.807) is 6.92 Å². The van der Waals surface area contributed by atoms with Crippen LogP contribution in [0, 0.1) is 0 Å². The number of nitrogens with two attached hydrogens (primary N) is 1. The van der Waals surface area contributed by atoms with Gasteiger partial charge < -0.3 is 5.73 Å². The molecule has 56 valence electrons. The fourth-order valence-electron chi connectivity index (χ4n) is 0.458. The Balaban J connectivity index is 4.45. The van der Waals surface area contributed by atoms with E-state index in [0.717, 1.165) is 0 Å². The maximum atomic E-state index is 12.8. The topological polar surface area (TPSA) is 26.0 Å². The summed E-state index contributed by atoms with van der Waals surface area (Å²) in [6.45, 7) is 8.63. The molecule has 0 aliphatic rings. The second kappa shape index (κ2) is 4.01. The molecule has 0 unspecified atom stereocenters. The van der Waals surface area contributed by atoms with Crippen LogP contribution in [0.25, 0.3) is 0 Å². The molecule has 0 aliphatic carbocycles. The smallest absolute Gasteiger partial charge is 0.129 e. The molecule has 0 radical (unpaired) electrons. The molecule has 0 heterocycles. The Morgan fingerprint density at radius 3 is 2.50 bits per heavy atom. The van der Waals surface area contributed by atoms with Crippen LogP contribution in [-0.2, 0) is 0 Å². The van der Waals surface area contributed by atoms with E-state index < -0.39 is 0 Å². The van der Waals surface area contributed by atoms with Crippen LogP contribution < -0.4 is 5.73 Å². The second-order valence-electron chi connectivity index (χ2n) is 2.01. The SMILES string of the molecule is C=C/C(C)=C(/F)C(=C)CN. The largest absolute Gasteiger partial charge is 0.326 e. The molecule has 2 N–H and O–H groups in total. The van der Waals surface area contributed by atoms with E-state index in [2.05, 4.69) is 13.2 Å². The molecule has 1 nitrogen and oxygen atoms in total. The van der Waals surface area contributed by atoms with Gasteiger partial charge in [0.1, 0.15) is 5.83 Å². The summed E-state index contributed by atoms with van der Waals surface area (Å²) < 4.78 is 12.8. The Kier molecular flexibility index (Phi) is 3.65. The van der Waals surface area contributed by atoms with Gasteiger partial charge in [0.15, 0.2) is 0 Å². The van der Waals surface area contributed by atoms with Crippen molar-refractivity contribution < 1.29 is 4.39 Å². The van der Waals surface area contributed by atoms with E-state index in [9.17, 15) is 4.39 Å². The highest BCUT2D eigenvalue weighted by Gasteiger charge is 2.00. The van der Waals surface area contributed by atoms with Crippen molar-refractivity contribution in [1.29, 1.82) is 0 Å². The molecule has 0 rings (SSSR count). The first-order valence-corrected chi connectivity index (χ1v) is 3.00. The van der Waals surface area contributed by atoms with E-state index in [4.69, 9.17) is 5.73 Å². The third kappa shape index (κ3) is 2.15. The monoisotopic (exact) mass is 141 g/mol. The molecule has 0 bridgehead atoms. The molecule has 0 aliphatic heterocycles. The third-order valence-corrected chi connectivity index (χ3v) is 1.21. The maximum absolute atomic E-state index is 12.8. The molecule has 0 fully saturated rings. The Labute approximate surface area is 60.7 Å². The van der Waals surface area contributed by atoms with Crippen LogP contribution in [0.2, 0.25) is 0 Å². The summed E-state index contributed by atoms with van der Waals surface area (Å²) in [5, 5.41) is 0. The molecule has 0 atom stereocenters. The van der Waals surface area contributed by atoms with Gasteiger partial charge in [-0.15, -0.1) is 0 Å². The zero-order chi connectivity index (χ0) is 8.15. The van der Waals surface area contributed by atoms with E-state index in [-0.39, 0.29) is 12.4 Å². The molecular weight excluding hydrogens is 129 g/mol. The van der Waals surface area contributed by atoms with Gasteiger partial charge in [0, 0.05) is 6.54 Å². The highest BCUT2D eigenvalue weighted by molar-refractivity contribution is 5.32. The van der Waals surface area contributed by atoms with Crippen molar-refractivity contribution in [3.05, 3.63) is 36.2 Å². The van der Waals surface area contributed by atoms with Gasteiger partial charge in [-0.2, -0.15) is 0 Å². The predicted octanol–water partition coefficient (Wildman–Crippen LogP) is 1.93. The normalized spacial score (nSPS) is 12.3. The molecule has 0 spiro atoms. The lowest BCUT2D eigenvalue weighted by atomic mass is 10.2. The van der Waals surface area contributed by atoms with Crippen molar-refractivity contribution >= 4 is 0 Å². The van der Waals surface area contributed by atoms with Crippen LogP contribution in [-0.4, -0.2) is 6.54 Å². The number of halogens is 1. The van der Waals surface area contributed by atoms with Gasteiger partial charge in [0.2, 0.25) is 0 Å². The number of allylic oxidation sites excluding steroid dienone is 2. The van der Waals surface area contributed by atoms with Crippen LogP contribution in [0.5, 0.6) is 0 Å². The Hall–Kier alpha value is -0.890. The quantitative estimate of drug-likeness (QED) is 0.597. The van der Waals surface area contributed by atoms with Gasteiger partial charge in [-0.25, -0.2) is 4.39 Å². The number of rotatable bonds is 3. The lowest BCUT2D eigenvalue weighted by molar-refractivity contribution is 0.639. The van der Waals surface area contributed by atoms with Crippen molar-refractivity contribution in [1.82, 2.24) is 0 Å². The summed E-state index contributed by atoms with van der Waals surface area (Å²) in [6, 6.07) is 0. The maximum Gasteiger partial charge on any atom is 0.129 e. The fraction of sp³-hybridized carbons (Fsp3) is 0.250. The highest BCUT2D eigenvalue weighted by atomic mass is 19.1. The average molecular weight is 141 g/mol. The van der Waals surface area contributed by atoms with Gasteiger partial charge >= 0.3 is 0 Å². The predicted molar refractivity (Wildman–Crippen MR) is 42.2 cm³/mol. The molecule has 2 heteroatoms. The van der Waals surface area contributed by atoms with Crippen molar-refractivity contribution in [3.63, 3.8) is 0 Å². The lowest BCUT2D eigenvalue weighted by Crippen LogP contribution is -2.02. The van der Waals surface area contributed by atoms with Crippen molar-refractivity contribution in [2.75, 3.05) is 6.54 Å². The average Bonchev–Trinajstić information content (AvgIpc) is 2.00. The molecule has 0 aromatic heterocycles. The van der Waals surface area contributed by atoms with Crippen LogP contribution >= 0.6 is 0 Å². The molecule has 0 saturated carbocycles. The summed E-state index contributed by atoms with van der Waals surface area (Å²) in [5.41, 5.74) is 5.96. The molecule has 0 aromatic rings. The molecule has 0 aromatic carbocycles. The Morgan fingerprint density at radius 2 is 2.20 bits per heavy atom. The van der Waals surface area contributed by atoms with Crippen LogP contribution in [0.1, 0.15) is 6.92 Å². The zero-order valence-corrected chi connectivity index (χ0v) is 6.15. The van der Waals surface area contributed by atoms with E-state index in [1.807, 2.05) is 0 Å². The van der Waals surface area contributed by atoms with Gasteiger partial charge in [0.05, 0.1) is 0 Å². The first-order valence-electron chi connectivity index (χ1n) is 3.00. The fourth-order valence-corrected chi connectivity index (χ4v) is 0.458. The van der Waals surface area contributed by atoms with Gasteiger partial charge in [-0.05, 0) is 18.1 Å². The van der Waals surface area contributed by atoms with Crippen molar-refractivity contribution in [3.8, 4) is 0 Å². The van der Waals surface area contributed by atoms with Crippen molar-refractivity contribution in [2.45, 2.75) is 6.92 Å². The lowest BCUT2D eigenvalue weighted by Gasteiger charge is -1.99. The summed E-state index contributed by atoms with van der Waals surface area (Å²) in [7, 11) is 0. The summed E-state index contributed by atoms with van der Waals surface area (Å²) >= 11 is 0. The van der Waals surface area contributed by atoms with Crippen LogP contribution in [0.15, 0.2) is 36.2 Å². The highest BCUT2D eigenvalue weighted by Crippen LogP contribution is 2.13. The summed E-state index contributed by atoms with van der Waals surface area (Å²) in [4.78, 5) is 0. The number of hydrogen-bond acceptors (Lipinski definition) is 1. The number of hydrogen-bond donors (Lipinski definition) is 1. The minimum Gasteiger partial charge on any atom is -0.326 e. The van der Waals surface area contributed by atoms with Crippen LogP contribution in [0.4, 0.5) is 4.39 Å². The summed E-state index contributed by atoms with van der Waals surface area (Å²) in [6.07, 6.45) is 1.44. The van der Waals surface area contributed by atoms with Gasteiger partial charge in [-0.1, -0.05) is 19.2 Å². The minimum absolute atomic E-state index is 0.150. The van der Waals surface area contributed by atoms with E-state index in [1.165, 1.54) is 6.08 Å². The first kappa shape index (κ1) is 9.11. The molecule has 0 amide bonds. The Morgan fingerprint density at radius 1 is 1.70 bits per heavy atom. The minimum atomic E-state index is -0.350. The molecular formula is C8H12FN. The summed E-state index contributed by atoms with van der Waals surface area (Å²) in [5.74, 6) is -0.350. The van der Waals surface area contributed by atoms with E-state index >= 15 is 0 Å². The molecule has 0 saturated heterocycles. The van der Waals surface area contributed by atoms with Gasteiger partial charge in [0.25, 0.3) is 0 Å². The van der Waals surface area contributed by atoms with E-state index in [0.29, 0.717) is 11.1 Å². The van der Waals surface area contributed by atoms with Crippen LogP contribution in [0.3, 0.4) is 0 Å². The third-order valence-electron chi connectivity index (χ3n) is 1.21. The first-order chi connectivity index (χ1) is 4.63. The Bertz CT molecular complexity index is 180. The standard InChI is InChI=1S/C8H12FN/c1-4-6(2)8(9)7(3)5-10/h4H,1,3,5,10H2,2H3/b8-6+. The van der Waals surface area contributed by atoms with Crippen molar-refractivity contribution in [2.24, 2.45) is 5.73 Å².